The minimum atomic E-state index is -3.69. The van der Waals surface area contributed by atoms with Gasteiger partial charge < -0.3 is 9.80 Å². The van der Waals surface area contributed by atoms with E-state index in [1.165, 1.54) is 23.5 Å². The van der Waals surface area contributed by atoms with Crippen LogP contribution in [-0.4, -0.2) is 60.6 Å². The number of carbonyl (C=O) groups is 1. The smallest absolute Gasteiger partial charge is 0.263 e. The zero-order chi connectivity index (χ0) is 21.1. The van der Waals surface area contributed by atoms with Crippen LogP contribution in [0, 0.1) is 6.92 Å². The van der Waals surface area contributed by atoms with Crippen LogP contribution in [0.5, 0.6) is 0 Å². The van der Waals surface area contributed by atoms with Crippen LogP contribution in [0.15, 0.2) is 40.6 Å². The number of sulfonamides is 1. The molecule has 1 saturated heterocycles. The molecule has 12 heteroatoms. The first-order valence-corrected chi connectivity index (χ1v) is 12.4. The fourth-order valence-corrected chi connectivity index (χ4v) is 5.76. The first kappa shape index (κ1) is 20.7. The number of rotatable bonds is 6. The molecule has 1 amide bonds. The molecule has 1 aliphatic rings. The Balaban J connectivity index is 1.32. The summed E-state index contributed by atoms with van der Waals surface area (Å²) < 4.78 is 27.3. The van der Waals surface area contributed by atoms with Crippen molar-refractivity contribution in [2.24, 2.45) is 0 Å². The third-order valence-electron chi connectivity index (χ3n) is 4.58. The molecule has 1 aliphatic heterocycles. The van der Waals surface area contributed by atoms with Crippen molar-refractivity contribution < 1.29 is 13.2 Å². The predicted octanol–water partition coefficient (Wildman–Crippen LogP) is 2.00. The minimum Gasteiger partial charge on any atom is -0.343 e. The van der Waals surface area contributed by atoms with E-state index in [9.17, 15) is 13.2 Å². The average molecular weight is 465 g/mol. The number of nitrogens with one attached hydrogen (secondary N) is 1. The normalized spacial score (nSPS) is 14.7. The lowest BCUT2D eigenvalue weighted by Crippen LogP contribution is -2.49. The molecule has 0 unspecified atom stereocenters. The summed E-state index contributed by atoms with van der Waals surface area (Å²) in [5, 5.41) is 12.0. The number of benzene rings is 1. The van der Waals surface area contributed by atoms with E-state index < -0.39 is 10.0 Å². The predicted molar refractivity (Wildman–Crippen MR) is 117 cm³/mol. The molecule has 0 radical (unpaired) electrons. The topological polar surface area (TPSA) is 108 Å². The fourth-order valence-electron chi connectivity index (χ4n) is 3.04. The standard InChI is InChI=1S/C18H20N6O3S3/c1-13-20-21-18(29-13)24-9-7-23(8-10-24)16(25)11-14-12-28-17(19-14)22-30(26,27)15-5-3-2-4-6-15/h2-6,12H,7-11H2,1H3,(H,19,22). The molecule has 0 bridgehead atoms. The summed E-state index contributed by atoms with van der Waals surface area (Å²) in [6.07, 6.45) is 0.140. The van der Waals surface area contributed by atoms with E-state index in [-0.39, 0.29) is 22.4 Å². The van der Waals surface area contributed by atoms with Gasteiger partial charge in [-0.2, -0.15) is 0 Å². The highest BCUT2D eigenvalue weighted by Crippen LogP contribution is 2.22. The van der Waals surface area contributed by atoms with Gasteiger partial charge in [-0.25, -0.2) is 13.4 Å². The second-order valence-corrected chi connectivity index (χ2v) is 10.4. The van der Waals surface area contributed by atoms with Gasteiger partial charge in [0.25, 0.3) is 10.0 Å². The summed E-state index contributed by atoms with van der Waals surface area (Å²) in [6, 6.07) is 8.10. The van der Waals surface area contributed by atoms with E-state index in [1.807, 2.05) is 6.92 Å². The van der Waals surface area contributed by atoms with Gasteiger partial charge >= 0.3 is 0 Å². The van der Waals surface area contributed by atoms with Crippen LogP contribution in [0.4, 0.5) is 10.3 Å². The Morgan fingerprint density at radius 3 is 2.53 bits per heavy atom. The first-order valence-electron chi connectivity index (χ1n) is 9.26. The maximum Gasteiger partial charge on any atom is 0.263 e. The van der Waals surface area contributed by atoms with E-state index >= 15 is 0 Å². The molecule has 9 nitrogen and oxygen atoms in total. The van der Waals surface area contributed by atoms with E-state index in [2.05, 4.69) is 24.8 Å². The zero-order valence-corrected chi connectivity index (χ0v) is 18.6. The number of piperazine rings is 1. The molecule has 0 saturated carbocycles. The van der Waals surface area contributed by atoms with Crippen LogP contribution in [0.25, 0.3) is 0 Å². The molecule has 1 aromatic carbocycles. The molecule has 0 spiro atoms. The number of carbonyl (C=O) groups excluding carboxylic acids is 1. The Morgan fingerprint density at radius 1 is 1.13 bits per heavy atom. The van der Waals surface area contributed by atoms with E-state index in [0.717, 1.165) is 10.1 Å². The molecule has 1 N–H and O–H groups in total. The lowest BCUT2D eigenvalue weighted by molar-refractivity contribution is -0.130. The number of anilines is 2. The molecular formula is C18H20N6O3S3. The third-order valence-corrected chi connectivity index (χ3v) is 7.77. The van der Waals surface area contributed by atoms with Gasteiger partial charge in [0, 0.05) is 31.6 Å². The quantitative estimate of drug-likeness (QED) is 0.594. The Morgan fingerprint density at radius 2 is 1.87 bits per heavy atom. The molecule has 4 rings (SSSR count). The highest BCUT2D eigenvalue weighted by Gasteiger charge is 2.24. The van der Waals surface area contributed by atoms with Crippen molar-refractivity contribution in [3.05, 3.63) is 46.4 Å². The van der Waals surface area contributed by atoms with Crippen LogP contribution in [-0.2, 0) is 21.2 Å². The van der Waals surface area contributed by atoms with Crippen LogP contribution >= 0.6 is 22.7 Å². The van der Waals surface area contributed by atoms with E-state index in [0.29, 0.717) is 31.9 Å². The molecule has 3 aromatic rings. The first-order chi connectivity index (χ1) is 14.4. The second-order valence-electron chi connectivity index (χ2n) is 6.71. The molecule has 30 heavy (non-hydrogen) atoms. The van der Waals surface area contributed by atoms with Crippen LogP contribution in [0.1, 0.15) is 10.7 Å². The molecule has 2 aromatic heterocycles. The third kappa shape index (κ3) is 4.77. The Kier molecular flexibility index (Phi) is 5.97. The number of nitrogens with zero attached hydrogens (tertiary/aromatic N) is 5. The largest absolute Gasteiger partial charge is 0.343 e. The molecule has 0 aliphatic carbocycles. The number of thiazole rings is 1. The summed E-state index contributed by atoms with van der Waals surface area (Å²) in [7, 11) is -3.69. The summed E-state index contributed by atoms with van der Waals surface area (Å²) in [5.41, 5.74) is 0.554. The van der Waals surface area contributed by atoms with Gasteiger partial charge in [0.15, 0.2) is 5.13 Å². The van der Waals surface area contributed by atoms with Crippen molar-refractivity contribution >= 4 is 48.9 Å². The molecule has 158 valence electrons. The Labute approximate surface area is 182 Å². The van der Waals surface area contributed by atoms with Gasteiger partial charge in [0.05, 0.1) is 17.0 Å². The number of amides is 1. The molecular weight excluding hydrogens is 444 g/mol. The van der Waals surface area contributed by atoms with Crippen molar-refractivity contribution in [2.45, 2.75) is 18.2 Å². The van der Waals surface area contributed by atoms with Crippen molar-refractivity contribution in [1.82, 2.24) is 20.1 Å². The Hall–Kier alpha value is -2.57. The van der Waals surface area contributed by atoms with Gasteiger partial charge in [0.2, 0.25) is 11.0 Å². The van der Waals surface area contributed by atoms with Gasteiger partial charge in [-0.3, -0.25) is 9.52 Å². The highest BCUT2D eigenvalue weighted by molar-refractivity contribution is 7.93. The highest BCUT2D eigenvalue weighted by atomic mass is 32.2. The monoisotopic (exact) mass is 464 g/mol. The van der Waals surface area contributed by atoms with E-state index in [4.69, 9.17) is 0 Å². The second kappa shape index (κ2) is 8.66. The maximum absolute atomic E-state index is 12.6. The summed E-state index contributed by atoms with van der Waals surface area (Å²) in [5.74, 6) is -0.0224. The average Bonchev–Trinajstić information content (AvgIpc) is 3.37. The summed E-state index contributed by atoms with van der Waals surface area (Å²) in [6.45, 7) is 4.55. The Bertz CT molecular complexity index is 1120. The van der Waals surface area contributed by atoms with Gasteiger partial charge in [-0.05, 0) is 19.1 Å². The zero-order valence-electron chi connectivity index (χ0n) is 16.2. The van der Waals surface area contributed by atoms with Gasteiger partial charge in [-0.1, -0.05) is 29.5 Å². The van der Waals surface area contributed by atoms with Crippen molar-refractivity contribution in [3.63, 3.8) is 0 Å². The number of hydrogen-bond acceptors (Lipinski definition) is 9. The van der Waals surface area contributed by atoms with Crippen molar-refractivity contribution in [1.29, 1.82) is 0 Å². The lowest BCUT2D eigenvalue weighted by atomic mass is 10.2. The van der Waals surface area contributed by atoms with Crippen molar-refractivity contribution in [2.75, 3.05) is 35.8 Å². The van der Waals surface area contributed by atoms with Gasteiger partial charge in [-0.15, -0.1) is 21.5 Å². The van der Waals surface area contributed by atoms with Crippen LogP contribution in [0.3, 0.4) is 0 Å². The minimum absolute atomic E-state index is 0.0224. The van der Waals surface area contributed by atoms with E-state index in [1.54, 1.807) is 39.8 Å². The molecule has 0 atom stereocenters. The SMILES string of the molecule is Cc1nnc(N2CCN(C(=O)Cc3csc(NS(=O)(=O)c4ccccc4)n3)CC2)s1. The van der Waals surface area contributed by atoms with Crippen LogP contribution < -0.4 is 9.62 Å². The summed E-state index contributed by atoms with van der Waals surface area (Å²) >= 11 is 2.71. The molecule has 3 heterocycles. The van der Waals surface area contributed by atoms with Gasteiger partial charge in [0.1, 0.15) is 5.01 Å². The lowest BCUT2D eigenvalue weighted by Gasteiger charge is -2.34. The van der Waals surface area contributed by atoms with Crippen molar-refractivity contribution in [3.8, 4) is 0 Å². The summed E-state index contributed by atoms with van der Waals surface area (Å²) in [4.78, 5) is 21.0. The number of aryl methyl sites for hydroxylation is 1. The number of hydrogen-bond donors (Lipinski definition) is 1. The number of aromatic nitrogens is 3. The molecule has 1 fully saturated rings. The van der Waals surface area contributed by atoms with Crippen LogP contribution in [0.2, 0.25) is 0 Å². The maximum atomic E-state index is 12.6. The fraction of sp³-hybridized carbons (Fsp3) is 0.333.